The number of rotatable bonds is 4. The SMILES string of the molecule is Fc1ccc(CNC2CCCCC2)cc1N1CCCCC1. The summed E-state index contributed by atoms with van der Waals surface area (Å²) in [6.45, 7) is 2.86. The van der Waals surface area contributed by atoms with Crippen LogP contribution in [0.2, 0.25) is 0 Å². The minimum atomic E-state index is -0.0710. The summed E-state index contributed by atoms with van der Waals surface area (Å²) < 4.78 is 14.1. The van der Waals surface area contributed by atoms with E-state index in [1.54, 1.807) is 6.07 Å². The van der Waals surface area contributed by atoms with Crippen LogP contribution in [-0.2, 0) is 6.54 Å². The Hall–Kier alpha value is -1.09. The molecule has 1 aromatic carbocycles. The van der Waals surface area contributed by atoms with E-state index in [2.05, 4.69) is 16.3 Å². The number of hydrogen-bond acceptors (Lipinski definition) is 2. The predicted octanol–water partition coefficient (Wildman–Crippen LogP) is 4.24. The minimum absolute atomic E-state index is 0.0710. The van der Waals surface area contributed by atoms with Crippen LogP contribution in [0, 0.1) is 5.82 Å². The van der Waals surface area contributed by atoms with Crippen molar-refractivity contribution in [2.24, 2.45) is 0 Å². The van der Waals surface area contributed by atoms with Crippen LogP contribution in [0.3, 0.4) is 0 Å². The molecule has 3 rings (SSSR count). The van der Waals surface area contributed by atoms with E-state index >= 15 is 0 Å². The predicted molar refractivity (Wildman–Crippen MR) is 86.2 cm³/mol. The molecule has 2 fully saturated rings. The molecule has 0 bridgehead atoms. The van der Waals surface area contributed by atoms with E-state index in [1.807, 2.05) is 6.07 Å². The number of anilines is 1. The van der Waals surface area contributed by atoms with Crippen molar-refractivity contribution in [3.63, 3.8) is 0 Å². The van der Waals surface area contributed by atoms with Crippen molar-refractivity contribution < 1.29 is 4.39 Å². The molecule has 1 aliphatic heterocycles. The quantitative estimate of drug-likeness (QED) is 0.892. The van der Waals surface area contributed by atoms with Gasteiger partial charge in [0, 0.05) is 25.7 Å². The molecule has 2 nitrogen and oxygen atoms in total. The van der Waals surface area contributed by atoms with Crippen molar-refractivity contribution in [2.45, 2.75) is 64.0 Å². The molecule has 1 aromatic rings. The molecule has 116 valence electrons. The lowest BCUT2D eigenvalue weighted by atomic mass is 9.95. The Morgan fingerprint density at radius 1 is 1.00 bits per heavy atom. The van der Waals surface area contributed by atoms with Gasteiger partial charge >= 0.3 is 0 Å². The topological polar surface area (TPSA) is 15.3 Å². The molecule has 1 N–H and O–H groups in total. The highest BCUT2D eigenvalue weighted by Gasteiger charge is 2.16. The molecular formula is C18H27FN2. The maximum absolute atomic E-state index is 14.1. The lowest BCUT2D eigenvalue weighted by Gasteiger charge is -2.29. The maximum Gasteiger partial charge on any atom is 0.146 e. The van der Waals surface area contributed by atoms with Crippen molar-refractivity contribution in [2.75, 3.05) is 18.0 Å². The molecule has 3 heteroatoms. The van der Waals surface area contributed by atoms with Crippen LogP contribution in [0.25, 0.3) is 0 Å². The van der Waals surface area contributed by atoms with Gasteiger partial charge in [-0.15, -0.1) is 0 Å². The molecular weight excluding hydrogens is 263 g/mol. The third-order valence-electron chi connectivity index (χ3n) is 4.91. The molecule has 0 aromatic heterocycles. The third kappa shape index (κ3) is 3.97. The monoisotopic (exact) mass is 290 g/mol. The maximum atomic E-state index is 14.1. The summed E-state index contributed by atoms with van der Waals surface area (Å²) in [5.41, 5.74) is 2.01. The molecule has 1 saturated heterocycles. The Labute approximate surface area is 127 Å². The van der Waals surface area contributed by atoms with E-state index < -0.39 is 0 Å². The molecule has 1 aliphatic carbocycles. The number of nitrogens with zero attached hydrogens (tertiary/aromatic N) is 1. The summed E-state index contributed by atoms with van der Waals surface area (Å²) in [4.78, 5) is 2.21. The summed E-state index contributed by atoms with van der Waals surface area (Å²) in [5, 5.41) is 3.65. The first kappa shape index (κ1) is 14.8. The summed E-state index contributed by atoms with van der Waals surface area (Å²) in [6.07, 6.45) is 10.3. The van der Waals surface area contributed by atoms with Gasteiger partial charge in [0.05, 0.1) is 5.69 Å². The van der Waals surface area contributed by atoms with Crippen molar-refractivity contribution in [1.29, 1.82) is 0 Å². The first-order chi connectivity index (χ1) is 10.3. The fourth-order valence-electron chi connectivity index (χ4n) is 3.61. The van der Waals surface area contributed by atoms with Gasteiger partial charge in [0.15, 0.2) is 0 Å². The summed E-state index contributed by atoms with van der Waals surface area (Å²) >= 11 is 0. The fraction of sp³-hybridized carbons (Fsp3) is 0.667. The van der Waals surface area contributed by atoms with Gasteiger partial charge in [-0.2, -0.15) is 0 Å². The van der Waals surface area contributed by atoms with Gasteiger partial charge in [-0.05, 0) is 49.8 Å². The highest BCUT2D eigenvalue weighted by Crippen LogP contribution is 2.25. The highest BCUT2D eigenvalue weighted by molar-refractivity contribution is 5.50. The lowest BCUT2D eigenvalue weighted by molar-refractivity contribution is 0.372. The first-order valence-corrected chi connectivity index (χ1v) is 8.60. The second-order valence-electron chi connectivity index (χ2n) is 6.55. The largest absolute Gasteiger partial charge is 0.369 e. The number of halogens is 1. The molecule has 0 amide bonds. The van der Waals surface area contributed by atoms with Crippen LogP contribution >= 0.6 is 0 Å². The minimum Gasteiger partial charge on any atom is -0.369 e. The van der Waals surface area contributed by atoms with Crippen LogP contribution in [0.1, 0.15) is 56.9 Å². The van der Waals surface area contributed by atoms with Crippen molar-refractivity contribution >= 4 is 5.69 Å². The van der Waals surface area contributed by atoms with E-state index in [0.29, 0.717) is 6.04 Å². The second kappa shape index (κ2) is 7.26. The van der Waals surface area contributed by atoms with Gasteiger partial charge in [0.2, 0.25) is 0 Å². The van der Waals surface area contributed by atoms with Gasteiger partial charge in [-0.1, -0.05) is 25.3 Å². The number of nitrogens with one attached hydrogen (secondary N) is 1. The Balaban J connectivity index is 1.62. The van der Waals surface area contributed by atoms with Crippen molar-refractivity contribution in [3.05, 3.63) is 29.6 Å². The van der Waals surface area contributed by atoms with E-state index in [9.17, 15) is 4.39 Å². The van der Waals surface area contributed by atoms with Gasteiger partial charge in [0.1, 0.15) is 5.82 Å². The van der Waals surface area contributed by atoms with Gasteiger partial charge in [-0.3, -0.25) is 0 Å². The number of piperidine rings is 1. The smallest absolute Gasteiger partial charge is 0.146 e. The van der Waals surface area contributed by atoms with Crippen LogP contribution in [-0.4, -0.2) is 19.1 Å². The zero-order valence-corrected chi connectivity index (χ0v) is 12.9. The van der Waals surface area contributed by atoms with Crippen LogP contribution in [0.5, 0.6) is 0 Å². The summed E-state index contributed by atoms with van der Waals surface area (Å²) in [7, 11) is 0. The average molecular weight is 290 g/mol. The van der Waals surface area contributed by atoms with E-state index in [0.717, 1.165) is 25.3 Å². The Kier molecular flexibility index (Phi) is 5.13. The summed E-state index contributed by atoms with van der Waals surface area (Å²) in [6, 6.07) is 6.28. The molecule has 0 atom stereocenters. The highest BCUT2D eigenvalue weighted by atomic mass is 19.1. The second-order valence-corrected chi connectivity index (χ2v) is 6.55. The standard InChI is InChI=1S/C18H27FN2/c19-17-10-9-15(14-20-16-7-3-1-4-8-16)13-18(17)21-11-5-2-6-12-21/h9-10,13,16,20H,1-8,11-12,14H2. The van der Waals surface area contributed by atoms with Crippen LogP contribution in [0.15, 0.2) is 18.2 Å². The molecule has 1 saturated carbocycles. The molecule has 2 aliphatic rings. The van der Waals surface area contributed by atoms with E-state index in [1.165, 1.54) is 56.9 Å². The zero-order valence-electron chi connectivity index (χ0n) is 12.9. The number of hydrogen-bond donors (Lipinski definition) is 1. The van der Waals surface area contributed by atoms with Gasteiger partial charge in [-0.25, -0.2) is 4.39 Å². The molecule has 0 spiro atoms. The normalized spacial score (nSPS) is 20.7. The van der Waals surface area contributed by atoms with E-state index in [-0.39, 0.29) is 5.82 Å². The van der Waals surface area contributed by atoms with Crippen LogP contribution in [0.4, 0.5) is 10.1 Å². The molecule has 0 radical (unpaired) electrons. The Bertz CT molecular complexity index is 449. The lowest BCUT2D eigenvalue weighted by Crippen LogP contribution is -2.31. The molecule has 0 unspecified atom stereocenters. The van der Waals surface area contributed by atoms with Crippen molar-refractivity contribution in [3.8, 4) is 0 Å². The summed E-state index contributed by atoms with van der Waals surface area (Å²) in [5.74, 6) is -0.0710. The van der Waals surface area contributed by atoms with Gasteiger partial charge < -0.3 is 10.2 Å². The molecule has 21 heavy (non-hydrogen) atoms. The van der Waals surface area contributed by atoms with Crippen LogP contribution < -0.4 is 10.2 Å². The van der Waals surface area contributed by atoms with E-state index in [4.69, 9.17) is 0 Å². The van der Waals surface area contributed by atoms with Gasteiger partial charge in [0.25, 0.3) is 0 Å². The van der Waals surface area contributed by atoms with Crippen molar-refractivity contribution in [1.82, 2.24) is 5.32 Å². The Morgan fingerprint density at radius 3 is 2.48 bits per heavy atom. The fourth-order valence-corrected chi connectivity index (χ4v) is 3.61. The number of benzene rings is 1. The molecule has 1 heterocycles. The first-order valence-electron chi connectivity index (χ1n) is 8.60. The third-order valence-corrected chi connectivity index (χ3v) is 4.91. The zero-order chi connectivity index (χ0) is 14.5. The Morgan fingerprint density at radius 2 is 1.71 bits per heavy atom. The average Bonchev–Trinajstić information content (AvgIpc) is 2.56.